The second-order valence-electron chi connectivity index (χ2n) is 22.1. The molecular weight excluding hydrogens is 971 g/mol. The van der Waals surface area contributed by atoms with Gasteiger partial charge in [0.1, 0.15) is 48.3 Å². The van der Waals surface area contributed by atoms with Crippen molar-refractivity contribution in [2.75, 3.05) is 13.1 Å². The Bertz CT molecular complexity index is 2280. The molecule has 11 atom stereocenters. The average molecular weight is 1060 g/mol. The van der Waals surface area contributed by atoms with Gasteiger partial charge in [0.15, 0.2) is 0 Å². The molecule has 19 nitrogen and oxygen atoms in total. The van der Waals surface area contributed by atoms with Gasteiger partial charge in [0.25, 0.3) is 0 Å². The molecule has 19 heteroatoms. The highest BCUT2D eigenvalue weighted by Crippen LogP contribution is 2.27. The smallest absolute Gasteiger partial charge is 0.326 e. The minimum Gasteiger partial charge on any atom is -0.480 e. The number of hydrogen-bond donors (Lipinski definition) is 8. The summed E-state index contributed by atoms with van der Waals surface area (Å²) in [5.41, 5.74) is 7.57. The molecule has 8 amide bonds. The standard InChI is InChI=1S/C57H87N9O10/c1-11-36(9)47(54(72)64-48(57(75)76)37(10)12-2)63-52(70)41(30-34(5)6)59-50(68)42(31-38-21-15-13-16-22-38)60-51(69)43(32-39-23-17-14-18-24-39)61-53(71)44-25-19-27-65(44)55(73)45-26-20-28-66(45)56(74)46(35(7)8)62-49(67)40(58)29-33(3)4/h13-18,21-24,33-37,40-48H,11-12,19-20,25-32,58H2,1-10H3,(H,59,68)(H,60,69)(H,61,71)(H,62,67)(H,63,70)(H,64,72)(H,75,76)/t36-,37-,40-,41-,42-,43-,44-,45-,46-,47-,48-/m0/s1. The Labute approximate surface area is 449 Å². The highest BCUT2D eigenvalue weighted by Gasteiger charge is 2.45. The summed E-state index contributed by atoms with van der Waals surface area (Å²) in [6.07, 6.45) is 3.27. The largest absolute Gasteiger partial charge is 0.480 e. The summed E-state index contributed by atoms with van der Waals surface area (Å²) in [6.45, 7) is 19.0. The fourth-order valence-electron chi connectivity index (χ4n) is 9.86. The van der Waals surface area contributed by atoms with E-state index in [0.717, 1.165) is 0 Å². The number of nitrogens with two attached hydrogens (primary N) is 1. The molecule has 2 heterocycles. The van der Waals surface area contributed by atoms with Gasteiger partial charge >= 0.3 is 5.97 Å². The van der Waals surface area contributed by atoms with Crippen molar-refractivity contribution in [3.8, 4) is 0 Å². The van der Waals surface area contributed by atoms with E-state index >= 15 is 0 Å². The van der Waals surface area contributed by atoms with Crippen molar-refractivity contribution >= 4 is 53.2 Å². The quantitative estimate of drug-likeness (QED) is 0.0610. The summed E-state index contributed by atoms with van der Waals surface area (Å²) in [7, 11) is 0. The van der Waals surface area contributed by atoms with Gasteiger partial charge in [0.2, 0.25) is 47.3 Å². The fraction of sp³-hybridized carbons (Fsp3) is 0.632. The highest BCUT2D eigenvalue weighted by atomic mass is 16.4. The molecule has 2 aliphatic heterocycles. The highest BCUT2D eigenvalue weighted by molar-refractivity contribution is 5.98. The zero-order chi connectivity index (χ0) is 56.4. The molecule has 2 saturated heterocycles. The Morgan fingerprint density at radius 3 is 1.49 bits per heavy atom. The fourth-order valence-corrected chi connectivity index (χ4v) is 9.86. The summed E-state index contributed by atoms with van der Waals surface area (Å²) in [5, 5.41) is 26.8. The number of nitrogens with one attached hydrogen (secondary N) is 6. The number of aliphatic carboxylic acids is 1. The van der Waals surface area contributed by atoms with E-state index in [1.54, 1.807) is 62.4 Å². The number of nitrogens with zero attached hydrogens (tertiary/aromatic N) is 2. The van der Waals surface area contributed by atoms with Gasteiger partial charge in [0.05, 0.1) is 6.04 Å². The normalized spacial score (nSPS) is 19.1. The molecule has 0 saturated carbocycles. The lowest BCUT2D eigenvalue weighted by molar-refractivity contribution is -0.148. The second-order valence-corrected chi connectivity index (χ2v) is 22.1. The summed E-state index contributed by atoms with van der Waals surface area (Å²) in [5.74, 6) is -6.79. The van der Waals surface area contributed by atoms with Crippen LogP contribution in [-0.4, -0.2) is 136 Å². The van der Waals surface area contributed by atoms with E-state index in [2.05, 4.69) is 31.9 Å². The Balaban J connectivity index is 1.59. The van der Waals surface area contributed by atoms with Crippen LogP contribution in [0.5, 0.6) is 0 Å². The second kappa shape index (κ2) is 29.8. The maximum atomic E-state index is 14.7. The van der Waals surface area contributed by atoms with Crippen molar-refractivity contribution in [3.05, 3.63) is 71.8 Å². The van der Waals surface area contributed by atoms with Gasteiger partial charge in [-0.05, 0) is 79.2 Å². The van der Waals surface area contributed by atoms with Crippen LogP contribution in [0.4, 0.5) is 0 Å². The Morgan fingerprint density at radius 2 is 0.987 bits per heavy atom. The molecule has 2 aromatic carbocycles. The van der Waals surface area contributed by atoms with Gasteiger partial charge in [-0.15, -0.1) is 0 Å². The molecule has 4 rings (SSSR count). The van der Waals surface area contributed by atoms with Gasteiger partial charge in [-0.1, -0.05) is 143 Å². The van der Waals surface area contributed by atoms with Crippen LogP contribution in [0, 0.1) is 29.6 Å². The maximum Gasteiger partial charge on any atom is 0.326 e. The molecule has 0 radical (unpaired) electrons. The molecule has 0 aromatic heterocycles. The van der Waals surface area contributed by atoms with E-state index in [1.807, 2.05) is 67.5 Å². The molecule has 2 aromatic rings. The molecule has 420 valence electrons. The summed E-state index contributed by atoms with van der Waals surface area (Å²) in [6, 6.07) is 8.41. The number of hydrogen-bond acceptors (Lipinski definition) is 10. The van der Waals surface area contributed by atoms with Crippen LogP contribution in [-0.2, 0) is 56.0 Å². The van der Waals surface area contributed by atoms with Crippen molar-refractivity contribution in [1.29, 1.82) is 0 Å². The number of carboxylic acid groups (broad SMARTS) is 1. The number of likely N-dealkylation sites (tertiary alicyclic amines) is 2. The molecule has 2 aliphatic rings. The number of rotatable bonds is 28. The molecule has 9 N–H and O–H groups in total. The summed E-state index contributed by atoms with van der Waals surface area (Å²) < 4.78 is 0. The van der Waals surface area contributed by atoms with Gasteiger partial charge < -0.3 is 52.5 Å². The van der Waals surface area contributed by atoms with Crippen molar-refractivity contribution in [2.45, 2.75) is 188 Å². The Morgan fingerprint density at radius 1 is 0.539 bits per heavy atom. The Kier molecular flexibility index (Phi) is 24.4. The van der Waals surface area contributed by atoms with Crippen LogP contribution < -0.4 is 37.6 Å². The summed E-state index contributed by atoms with van der Waals surface area (Å²) in [4.78, 5) is 129. The molecule has 0 unspecified atom stereocenters. The molecule has 0 aliphatic carbocycles. The number of amides is 8. The first kappa shape index (κ1) is 62.2. The first-order chi connectivity index (χ1) is 36.0. The third-order valence-electron chi connectivity index (χ3n) is 14.7. The average Bonchev–Trinajstić information content (AvgIpc) is 4.09. The maximum absolute atomic E-state index is 14.7. The van der Waals surface area contributed by atoms with Gasteiger partial charge in [-0.3, -0.25) is 38.4 Å². The van der Waals surface area contributed by atoms with Crippen molar-refractivity contribution in [3.63, 3.8) is 0 Å². The Hall–Kier alpha value is -6.37. The van der Waals surface area contributed by atoms with Gasteiger partial charge in [0, 0.05) is 25.9 Å². The lowest BCUT2D eigenvalue weighted by Crippen LogP contribution is -2.61. The van der Waals surface area contributed by atoms with E-state index in [1.165, 1.54) is 9.80 Å². The van der Waals surface area contributed by atoms with Crippen LogP contribution in [0.25, 0.3) is 0 Å². The molecular formula is C57H87N9O10. The van der Waals surface area contributed by atoms with Crippen LogP contribution in [0.15, 0.2) is 60.7 Å². The first-order valence-corrected chi connectivity index (χ1v) is 27.5. The lowest BCUT2D eigenvalue weighted by atomic mass is 9.94. The van der Waals surface area contributed by atoms with Crippen molar-refractivity contribution in [1.82, 2.24) is 41.7 Å². The summed E-state index contributed by atoms with van der Waals surface area (Å²) >= 11 is 0. The topological polar surface area (TPSA) is 279 Å². The van der Waals surface area contributed by atoms with Crippen LogP contribution in [0.1, 0.15) is 132 Å². The number of carbonyl (C=O) groups is 9. The van der Waals surface area contributed by atoms with E-state index in [0.29, 0.717) is 62.6 Å². The minimum absolute atomic E-state index is 0.00185. The zero-order valence-corrected chi connectivity index (χ0v) is 46.4. The van der Waals surface area contributed by atoms with Crippen LogP contribution >= 0.6 is 0 Å². The van der Waals surface area contributed by atoms with Gasteiger partial charge in [-0.25, -0.2) is 4.79 Å². The number of carboxylic acids is 1. The predicted octanol–water partition coefficient (Wildman–Crippen LogP) is 3.61. The van der Waals surface area contributed by atoms with E-state index in [-0.39, 0.29) is 49.5 Å². The predicted molar refractivity (Wildman–Crippen MR) is 290 cm³/mol. The zero-order valence-electron chi connectivity index (χ0n) is 46.4. The number of benzene rings is 2. The van der Waals surface area contributed by atoms with Crippen molar-refractivity contribution < 1.29 is 48.3 Å². The molecule has 76 heavy (non-hydrogen) atoms. The SMILES string of the molecule is CC[C@H](C)[C@H](NC(=O)[C@@H](NC(=O)[C@H](CC(C)C)NC(=O)[C@H](Cc1ccccc1)NC(=O)[C@H](Cc1ccccc1)NC(=O)[C@@H]1CCCN1C(=O)[C@@H]1CCCN1C(=O)[C@@H](NC(=O)[C@@H](N)CC(C)C)C(C)C)[C@@H](C)CC)C(=O)O. The van der Waals surface area contributed by atoms with E-state index in [9.17, 15) is 48.3 Å². The van der Waals surface area contributed by atoms with E-state index < -0.39 is 114 Å². The molecule has 0 spiro atoms. The molecule has 0 bridgehead atoms. The number of carbonyl (C=O) groups excluding carboxylic acids is 8. The first-order valence-electron chi connectivity index (χ1n) is 27.5. The van der Waals surface area contributed by atoms with E-state index in [4.69, 9.17) is 5.73 Å². The third-order valence-corrected chi connectivity index (χ3v) is 14.7. The lowest BCUT2D eigenvalue weighted by Gasteiger charge is -2.34. The monoisotopic (exact) mass is 1060 g/mol. The van der Waals surface area contributed by atoms with Crippen LogP contribution in [0.2, 0.25) is 0 Å². The molecule has 2 fully saturated rings. The van der Waals surface area contributed by atoms with Gasteiger partial charge in [-0.2, -0.15) is 0 Å². The third kappa shape index (κ3) is 17.9. The van der Waals surface area contributed by atoms with Crippen LogP contribution in [0.3, 0.4) is 0 Å². The minimum atomic E-state index is -1.27. The van der Waals surface area contributed by atoms with Crippen molar-refractivity contribution in [2.24, 2.45) is 35.3 Å².